The van der Waals surface area contributed by atoms with Gasteiger partial charge < -0.3 is 33.2 Å². The first-order valence-electron chi connectivity index (χ1n) is 10.2. The number of benzene rings is 2. The van der Waals surface area contributed by atoms with Gasteiger partial charge in [0.15, 0.2) is 23.0 Å². The fourth-order valence-electron chi connectivity index (χ4n) is 4.79. The Bertz CT molecular complexity index is 824. The zero-order valence-electron chi connectivity index (χ0n) is 19.3. The van der Waals surface area contributed by atoms with Crippen LogP contribution in [-0.4, -0.2) is 55.9 Å². The SMILES string of the molecule is COc1ccc([C@H]2CC[C@@H](c3ccc(OC)c(OC)c3OC)C2OC)c(OC)c1OC. The maximum Gasteiger partial charge on any atom is 0.203 e. The van der Waals surface area contributed by atoms with Crippen LogP contribution in [-0.2, 0) is 4.74 Å². The van der Waals surface area contributed by atoms with Crippen molar-refractivity contribution in [1.29, 1.82) is 0 Å². The molecule has 0 aromatic heterocycles. The van der Waals surface area contributed by atoms with E-state index in [1.165, 1.54) is 0 Å². The van der Waals surface area contributed by atoms with Crippen LogP contribution >= 0.6 is 0 Å². The molecule has 0 heterocycles. The quantitative estimate of drug-likeness (QED) is 0.581. The van der Waals surface area contributed by atoms with E-state index in [9.17, 15) is 0 Å². The van der Waals surface area contributed by atoms with Gasteiger partial charge in [0.25, 0.3) is 0 Å². The van der Waals surface area contributed by atoms with Gasteiger partial charge >= 0.3 is 0 Å². The summed E-state index contributed by atoms with van der Waals surface area (Å²) in [6.45, 7) is 0. The molecule has 0 aliphatic heterocycles. The van der Waals surface area contributed by atoms with Crippen molar-refractivity contribution in [2.24, 2.45) is 0 Å². The lowest BCUT2D eigenvalue weighted by Gasteiger charge is -2.27. The molecule has 3 rings (SSSR count). The monoisotopic (exact) mass is 432 g/mol. The van der Waals surface area contributed by atoms with E-state index in [0.717, 1.165) is 24.0 Å². The lowest BCUT2D eigenvalue weighted by molar-refractivity contribution is 0.0791. The molecule has 0 spiro atoms. The molecule has 31 heavy (non-hydrogen) atoms. The lowest BCUT2D eigenvalue weighted by Crippen LogP contribution is -2.22. The van der Waals surface area contributed by atoms with Crippen molar-refractivity contribution in [3.8, 4) is 34.5 Å². The van der Waals surface area contributed by atoms with Crippen molar-refractivity contribution in [1.82, 2.24) is 0 Å². The molecule has 0 saturated heterocycles. The van der Waals surface area contributed by atoms with Crippen molar-refractivity contribution in [3.63, 3.8) is 0 Å². The minimum absolute atomic E-state index is 0.0843. The Morgan fingerprint density at radius 3 is 1.19 bits per heavy atom. The van der Waals surface area contributed by atoms with Gasteiger partial charge in [-0.25, -0.2) is 0 Å². The molecule has 1 fully saturated rings. The number of rotatable bonds is 9. The number of hydrogen-bond acceptors (Lipinski definition) is 7. The largest absolute Gasteiger partial charge is 0.493 e. The molecule has 7 heteroatoms. The Kier molecular flexibility index (Phi) is 7.38. The van der Waals surface area contributed by atoms with Gasteiger partial charge in [-0.1, -0.05) is 12.1 Å². The smallest absolute Gasteiger partial charge is 0.203 e. The second kappa shape index (κ2) is 10.0. The van der Waals surface area contributed by atoms with E-state index in [0.29, 0.717) is 34.5 Å². The zero-order valence-corrected chi connectivity index (χ0v) is 19.3. The van der Waals surface area contributed by atoms with Gasteiger partial charge in [0, 0.05) is 30.1 Å². The molecule has 0 radical (unpaired) electrons. The average Bonchev–Trinajstić information content (AvgIpc) is 3.25. The maximum absolute atomic E-state index is 6.05. The van der Waals surface area contributed by atoms with E-state index < -0.39 is 0 Å². The van der Waals surface area contributed by atoms with Crippen LogP contribution in [0.2, 0.25) is 0 Å². The molecule has 170 valence electrons. The molecule has 1 aliphatic rings. The van der Waals surface area contributed by atoms with Crippen molar-refractivity contribution in [2.75, 3.05) is 49.8 Å². The summed E-state index contributed by atoms with van der Waals surface area (Å²) in [4.78, 5) is 0. The molecule has 0 bridgehead atoms. The van der Waals surface area contributed by atoms with Gasteiger partial charge in [0.1, 0.15) is 0 Å². The lowest BCUT2D eigenvalue weighted by atomic mass is 9.88. The van der Waals surface area contributed by atoms with Crippen LogP contribution in [0.25, 0.3) is 0 Å². The van der Waals surface area contributed by atoms with Gasteiger partial charge in [-0.05, 0) is 25.0 Å². The van der Waals surface area contributed by atoms with Crippen LogP contribution in [0.4, 0.5) is 0 Å². The predicted molar refractivity (Wildman–Crippen MR) is 118 cm³/mol. The Labute approximate surface area is 184 Å². The van der Waals surface area contributed by atoms with E-state index in [-0.39, 0.29) is 17.9 Å². The highest BCUT2D eigenvalue weighted by Gasteiger charge is 2.42. The average molecular weight is 433 g/mol. The van der Waals surface area contributed by atoms with Crippen LogP contribution in [0, 0.1) is 0 Å². The Hall–Kier alpha value is -2.80. The minimum atomic E-state index is -0.0843. The predicted octanol–water partition coefficient (Wildman–Crippen LogP) is 4.41. The maximum atomic E-state index is 6.05. The van der Waals surface area contributed by atoms with Gasteiger partial charge in [0.05, 0.1) is 48.8 Å². The molecule has 2 aromatic rings. The first kappa shape index (κ1) is 22.9. The topological polar surface area (TPSA) is 64.6 Å². The highest BCUT2D eigenvalue weighted by Crippen LogP contribution is 2.54. The molecular weight excluding hydrogens is 400 g/mol. The molecule has 7 nitrogen and oxygen atoms in total. The summed E-state index contributed by atoms with van der Waals surface area (Å²) in [6, 6.07) is 7.89. The van der Waals surface area contributed by atoms with E-state index in [1.807, 2.05) is 24.3 Å². The fourth-order valence-corrected chi connectivity index (χ4v) is 4.79. The molecule has 0 N–H and O–H groups in total. The minimum Gasteiger partial charge on any atom is -0.493 e. The van der Waals surface area contributed by atoms with Crippen molar-refractivity contribution in [3.05, 3.63) is 35.4 Å². The van der Waals surface area contributed by atoms with Crippen LogP contribution < -0.4 is 28.4 Å². The zero-order chi connectivity index (χ0) is 22.5. The third kappa shape index (κ3) is 3.94. The van der Waals surface area contributed by atoms with E-state index in [4.69, 9.17) is 33.2 Å². The Morgan fingerprint density at radius 1 is 0.516 bits per heavy atom. The number of hydrogen-bond donors (Lipinski definition) is 0. The molecule has 0 amide bonds. The second-order valence-electron chi connectivity index (χ2n) is 7.34. The summed E-state index contributed by atoms with van der Waals surface area (Å²) in [7, 11) is 11.5. The van der Waals surface area contributed by atoms with Crippen LogP contribution in [0.15, 0.2) is 24.3 Å². The van der Waals surface area contributed by atoms with Crippen molar-refractivity contribution < 1.29 is 33.2 Å². The van der Waals surface area contributed by atoms with Gasteiger partial charge in [-0.2, -0.15) is 0 Å². The summed E-state index contributed by atoms with van der Waals surface area (Å²) in [6.07, 6.45) is 1.76. The number of ether oxygens (including phenoxy) is 7. The highest BCUT2D eigenvalue weighted by molar-refractivity contribution is 5.59. The van der Waals surface area contributed by atoms with Gasteiger partial charge in [-0.15, -0.1) is 0 Å². The summed E-state index contributed by atoms with van der Waals surface area (Å²) in [5.41, 5.74) is 2.07. The van der Waals surface area contributed by atoms with Crippen LogP contribution in [0.3, 0.4) is 0 Å². The van der Waals surface area contributed by atoms with Gasteiger partial charge in [-0.3, -0.25) is 0 Å². The standard InChI is InChI=1S/C24H32O7/c1-25-18-12-10-16(21(28-4)23(18)30-6)14-8-9-15(20(14)27-3)17-11-13-19(26-2)24(31-7)22(17)29-5/h10-15,20H,8-9H2,1-7H3/t14-,15+,20?. The first-order chi connectivity index (χ1) is 15.1. The molecule has 3 atom stereocenters. The molecule has 1 aliphatic carbocycles. The van der Waals surface area contributed by atoms with Gasteiger partial charge in [0.2, 0.25) is 11.5 Å². The van der Waals surface area contributed by atoms with Crippen molar-refractivity contribution in [2.45, 2.75) is 30.8 Å². The Balaban J connectivity index is 2.06. The highest BCUT2D eigenvalue weighted by atomic mass is 16.5. The van der Waals surface area contributed by atoms with Crippen molar-refractivity contribution >= 4 is 0 Å². The number of methoxy groups -OCH3 is 7. The van der Waals surface area contributed by atoms with Crippen LogP contribution in [0.5, 0.6) is 34.5 Å². The molecule has 1 unspecified atom stereocenters. The molecule has 1 saturated carbocycles. The Morgan fingerprint density at radius 2 is 0.903 bits per heavy atom. The third-order valence-corrected chi connectivity index (χ3v) is 6.12. The van der Waals surface area contributed by atoms with E-state index in [1.54, 1.807) is 49.8 Å². The fraction of sp³-hybridized carbons (Fsp3) is 0.500. The second-order valence-corrected chi connectivity index (χ2v) is 7.34. The summed E-state index contributed by atoms with van der Waals surface area (Å²) in [5, 5.41) is 0. The third-order valence-electron chi connectivity index (χ3n) is 6.12. The van der Waals surface area contributed by atoms with E-state index >= 15 is 0 Å². The van der Waals surface area contributed by atoms with E-state index in [2.05, 4.69) is 0 Å². The molecule has 2 aromatic carbocycles. The molecular formula is C24H32O7. The summed E-state index contributed by atoms with van der Waals surface area (Å²) >= 11 is 0. The summed E-state index contributed by atoms with van der Waals surface area (Å²) in [5.74, 6) is 4.02. The normalized spacial score (nSPS) is 20.3. The summed E-state index contributed by atoms with van der Waals surface area (Å²) < 4.78 is 39.6. The van der Waals surface area contributed by atoms with Crippen LogP contribution in [0.1, 0.15) is 35.8 Å². The first-order valence-corrected chi connectivity index (χ1v) is 10.2.